The van der Waals surface area contributed by atoms with Gasteiger partial charge in [-0.05, 0) is 58.6 Å². The Kier molecular flexibility index (Phi) is 5.52. The standard InChI is InChI=1S/C36H26N4O/c1-3-10-24(11-4-1)33-38-34(25-12-5-2-6-13-25)40-35(39-33)28-17-19-30-27(22-28)18-20-31-32(30)41-36(37-31)29-16-15-23-9-7-8-14-26(23)21-29/h1-22,33,36-37H,(H,38,39,40)/p+1. The number of rotatable bonds is 4. The Bertz CT molecular complexity index is 1980. The van der Waals surface area contributed by atoms with Crippen molar-refractivity contribution in [1.82, 2.24) is 5.32 Å². The van der Waals surface area contributed by atoms with E-state index < -0.39 is 0 Å². The lowest BCUT2D eigenvalue weighted by Gasteiger charge is -2.17. The molecule has 0 aliphatic carbocycles. The van der Waals surface area contributed by atoms with Gasteiger partial charge in [-0.15, -0.1) is 0 Å². The van der Waals surface area contributed by atoms with E-state index in [0.29, 0.717) is 0 Å². The van der Waals surface area contributed by atoms with Gasteiger partial charge >= 0.3 is 0 Å². The molecule has 5 nitrogen and oxygen atoms in total. The number of fused-ring (bicyclic) bond motifs is 4. The lowest BCUT2D eigenvalue weighted by atomic mass is 10.0. The summed E-state index contributed by atoms with van der Waals surface area (Å²) in [7, 11) is 0. The second kappa shape index (κ2) is 9.65. The van der Waals surface area contributed by atoms with Gasteiger partial charge in [-0.25, -0.2) is 10.3 Å². The minimum atomic E-state index is -0.229. The summed E-state index contributed by atoms with van der Waals surface area (Å²) in [4.78, 5) is 8.63. The molecule has 6 aromatic carbocycles. The average molecular weight is 532 g/mol. The molecule has 0 amide bonds. The summed E-state index contributed by atoms with van der Waals surface area (Å²) in [5.74, 6) is 2.65. The molecule has 2 aliphatic rings. The van der Waals surface area contributed by atoms with Crippen molar-refractivity contribution in [2.75, 3.05) is 5.32 Å². The number of hydrogen-bond donors (Lipinski definition) is 3. The molecule has 2 aliphatic heterocycles. The molecule has 0 bridgehead atoms. The summed E-state index contributed by atoms with van der Waals surface area (Å²) < 4.78 is 6.52. The Morgan fingerprint density at radius 2 is 1.37 bits per heavy atom. The molecule has 2 heterocycles. The Balaban J connectivity index is 1.14. The first-order chi connectivity index (χ1) is 20.3. The van der Waals surface area contributed by atoms with Crippen LogP contribution in [0.5, 0.6) is 5.75 Å². The first-order valence-corrected chi connectivity index (χ1v) is 13.9. The second-order valence-electron chi connectivity index (χ2n) is 10.4. The highest BCUT2D eigenvalue weighted by molar-refractivity contribution is 6.14. The van der Waals surface area contributed by atoms with E-state index in [2.05, 4.69) is 113 Å². The molecule has 0 aromatic heterocycles. The Morgan fingerprint density at radius 3 is 2.22 bits per heavy atom. The van der Waals surface area contributed by atoms with Crippen LogP contribution in [0.1, 0.15) is 34.6 Å². The van der Waals surface area contributed by atoms with Crippen molar-refractivity contribution < 1.29 is 9.73 Å². The highest BCUT2D eigenvalue weighted by Gasteiger charge is 2.28. The van der Waals surface area contributed by atoms with Gasteiger partial charge in [-0.3, -0.25) is 0 Å². The van der Waals surface area contributed by atoms with Crippen LogP contribution in [0.15, 0.2) is 138 Å². The van der Waals surface area contributed by atoms with E-state index in [1.165, 1.54) is 10.8 Å². The van der Waals surface area contributed by atoms with Crippen LogP contribution in [0.2, 0.25) is 0 Å². The van der Waals surface area contributed by atoms with E-state index in [1.54, 1.807) is 0 Å². The van der Waals surface area contributed by atoms with Crippen molar-refractivity contribution in [2.24, 2.45) is 4.99 Å². The van der Waals surface area contributed by atoms with E-state index in [9.17, 15) is 0 Å². The zero-order chi connectivity index (χ0) is 27.2. The van der Waals surface area contributed by atoms with Crippen LogP contribution in [-0.2, 0) is 0 Å². The van der Waals surface area contributed by atoms with Crippen LogP contribution >= 0.6 is 0 Å². The molecule has 5 heteroatoms. The predicted octanol–water partition coefficient (Wildman–Crippen LogP) is 6.07. The summed E-state index contributed by atoms with van der Waals surface area (Å²) in [5.41, 5.74) is 5.32. The third-order valence-electron chi connectivity index (χ3n) is 7.80. The minimum absolute atomic E-state index is 0.200. The molecule has 0 saturated carbocycles. The van der Waals surface area contributed by atoms with Crippen LogP contribution in [0, 0.1) is 0 Å². The number of ether oxygens (including phenoxy) is 1. The fraction of sp³-hybridized carbons (Fsp3) is 0.0556. The molecule has 0 radical (unpaired) electrons. The topological polar surface area (TPSA) is 59.6 Å². The van der Waals surface area contributed by atoms with Gasteiger partial charge in [0.2, 0.25) is 12.0 Å². The molecule has 3 N–H and O–H groups in total. The summed E-state index contributed by atoms with van der Waals surface area (Å²) in [6.07, 6.45) is -0.430. The number of nitrogens with zero attached hydrogens (tertiary/aromatic N) is 1. The van der Waals surface area contributed by atoms with Gasteiger partial charge in [-0.2, -0.15) is 4.99 Å². The van der Waals surface area contributed by atoms with Crippen LogP contribution in [-0.4, -0.2) is 11.7 Å². The largest absolute Gasteiger partial charge is 0.464 e. The summed E-state index contributed by atoms with van der Waals surface area (Å²) in [5, 5.41) is 11.7. The van der Waals surface area contributed by atoms with Crippen LogP contribution in [0.25, 0.3) is 21.5 Å². The SMILES string of the molecule is c1ccc(C2=NC(c3ccccc3)[NH+]=C(c3ccc4c5c(ccc4c3)NC(c3ccc4ccccc4c3)O5)N2)cc1. The summed E-state index contributed by atoms with van der Waals surface area (Å²) in [6, 6.07) is 46.2. The molecule has 2 unspecified atom stereocenters. The first-order valence-electron chi connectivity index (χ1n) is 13.9. The number of benzene rings is 6. The lowest BCUT2D eigenvalue weighted by Crippen LogP contribution is -2.80. The minimum Gasteiger partial charge on any atom is -0.464 e. The zero-order valence-corrected chi connectivity index (χ0v) is 22.2. The molecule has 8 rings (SSSR count). The maximum atomic E-state index is 6.52. The zero-order valence-electron chi connectivity index (χ0n) is 22.2. The van der Waals surface area contributed by atoms with Crippen LogP contribution in [0.3, 0.4) is 0 Å². The van der Waals surface area contributed by atoms with Gasteiger partial charge in [0, 0.05) is 22.1 Å². The fourth-order valence-electron chi connectivity index (χ4n) is 5.68. The molecule has 0 spiro atoms. The monoisotopic (exact) mass is 531 g/mol. The molecule has 6 aromatic rings. The number of amidine groups is 2. The predicted molar refractivity (Wildman–Crippen MR) is 165 cm³/mol. The number of nitrogens with one attached hydrogen (secondary N) is 3. The smallest absolute Gasteiger partial charge is 0.283 e. The highest BCUT2D eigenvalue weighted by Crippen LogP contribution is 2.43. The van der Waals surface area contributed by atoms with Gasteiger partial charge in [-0.1, -0.05) is 91.0 Å². The first kappa shape index (κ1) is 23.5. The maximum Gasteiger partial charge on any atom is 0.283 e. The van der Waals surface area contributed by atoms with Crippen LogP contribution in [0.4, 0.5) is 5.69 Å². The van der Waals surface area contributed by atoms with E-state index in [-0.39, 0.29) is 12.4 Å². The summed E-state index contributed by atoms with van der Waals surface area (Å²) in [6.45, 7) is 0. The molecule has 0 fully saturated rings. The van der Waals surface area contributed by atoms with E-state index >= 15 is 0 Å². The fourth-order valence-corrected chi connectivity index (χ4v) is 5.68. The summed E-state index contributed by atoms with van der Waals surface area (Å²) >= 11 is 0. The Morgan fingerprint density at radius 1 is 0.610 bits per heavy atom. The van der Waals surface area contributed by atoms with Crippen molar-refractivity contribution in [3.8, 4) is 5.75 Å². The van der Waals surface area contributed by atoms with Crippen molar-refractivity contribution in [3.63, 3.8) is 0 Å². The molecule has 2 atom stereocenters. The quantitative estimate of drug-likeness (QED) is 0.259. The van der Waals surface area contributed by atoms with Crippen molar-refractivity contribution in [1.29, 1.82) is 0 Å². The van der Waals surface area contributed by atoms with Gasteiger partial charge in [0.1, 0.15) is 0 Å². The Hall–Kier alpha value is -5.42. The van der Waals surface area contributed by atoms with Crippen LogP contribution < -0.4 is 20.4 Å². The molecular weight excluding hydrogens is 504 g/mol. The molecular formula is C36H27N4O+. The van der Waals surface area contributed by atoms with Gasteiger partial charge < -0.3 is 10.1 Å². The van der Waals surface area contributed by atoms with E-state index in [1.807, 2.05) is 36.4 Å². The van der Waals surface area contributed by atoms with Crippen molar-refractivity contribution in [2.45, 2.75) is 12.4 Å². The van der Waals surface area contributed by atoms with Gasteiger partial charge in [0.25, 0.3) is 5.84 Å². The number of anilines is 1. The number of aliphatic imine (C=N–C) groups is 1. The Labute approximate surface area is 237 Å². The molecule has 196 valence electrons. The lowest BCUT2D eigenvalue weighted by molar-refractivity contribution is -0.510. The third kappa shape index (κ3) is 4.28. The average Bonchev–Trinajstić information content (AvgIpc) is 3.50. The van der Waals surface area contributed by atoms with Gasteiger partial charge in [0.05, 0.1) is 11.3 Å². The number of hydrogen-bond acceptors (Lipinski definition) is 4. The van der Waals surface area contributed by atoms with E-state index in [0.717, 1.165) is 56.1 Å². The van der Waals surface area contributed by atoms with Crippen molar-refractivity contribution >= 4 is 38.9 Å². The molecule has 41 heavy (non-hydrogen) atoms. The third-order valence-corrected chi connectivity index (χ3v) is 7.80. The highest BCUT2D eigenvalue weighted by atomic mass is 16.5. The second-order valence-corrected chi connectivity index (χ2v) is 10.4. The van der Waals surface area contributed by atoms with Gasteiger partial charge in [0.15, 0.2) is 12.0 Å². The van der Waals surface area contributed by atoms with Crippen molar-refractivity contribution in [3.05, 3.63) is 156 Å². The molecule has 0 saturated heterocycles. The normalized spacial score (nSPS) is 17.7. The maximum absolute atomic E-state index is 6.52. The van der Waals surface area contributed by atoms with E-state index in [4.69, 9.17) is 9.73 Å².